The van der Waals surface area contributed by atoms with Crippen LogP contribution in [0.1, 0.15) is 24.8 Å². The third-order valence-electron chi connectivity index (χ3n) is 5.37. The summed E-state index contributed by atoms with van der Waals surface area (Å²) in [4.78, 5) is 28.1. The van der Waals surface area contributed by atoms with Gasteiger partial charge in [0.2, 0.25) is 21.8 Å². The molecule has 8 heteroatoms. The summed E-state index contributed by atoms with van der Waals surface area (Å²) in [6.07, 6.45) is 2.05. The number of carbonyl (C=O) groups excluding carboxylic acids is 2. The van der Waals surface area contributed by atoms with Crippen LogP contribution in [-0.2, 0) is 25.4 Å². The number of nitrogens with zero attached hydrogens (tertiary/aromatic N) is 3. The average molecular weight is 377 g/mol. The van der Waals surface area contributed by atoms with Crippen molar-refractivity contribution in [1.82, 2.24) is 14.1 Å². The van der Waals surface area contributed by atoms with E-state index in [4.69, 9.17) is 0 Å². The quantitative estimate of drug-likeness (QED) is 0.695. The molecular weight excluding hydrogens is 354 g/mol. The lowest BCUT2D eigenvalue weighted by atomic mass is 10.2. The lowest BCUT2D eigenvalue weighted by Gasteiger charge is -2.36. The summed E-state index contributed by atoms with van der Waals surface area (Å²) >= 11 is 0. The minimum absolute atomic E-state index is 0.00978. The second kappa shape index (κ2) is 6.75. The van der Waals surface area contributed by atoms with E-state index in [2.05, 4.69) is 0 Å². The molecule has 0 N–H and O–H groups in total. The van der Waals surface area contributed by atoms with Crippen LogP contribution in [0.5, 0.6) is 0 Å². The first-order valence-corrected chi connectivity index (χ1v) is 10.7. The van der Waals surface area contributed by atoms with Gasteiger partial charge in [0.1, 0.15) is 0 Å². The fraction of sp³-hybridized carbons (Fsp3) is 0.556. The first-order valence-electron chi connectivity index (χ1n) is 9.07. The Morgan fingerprint density at radius 1 is 0.962 bits per heavy atom. The first-order chi connectivity index (χ1) is 12.5. The summed E-state index contributed by atoms with van der Waals surface area (Å²) in [5, 5.41) is 0. The van der Waals surface area contributed by atoms with E-state index in [0.29, 0.717) is 26.2 Å². The van der Waals surface area contributed by atoms with Gasteiger partial charge in [0, 0.05) is 32.2 Å². The van der Waals surface area contributed by atoms with E-state index in [1.165, 1.54) is 9.21 Å². The minimum atomic E-state index is -3.38. The minimum Gasteiger partial charge on any atom is -0.289 e. The molecule has 140 valence electrons. The van der Waals surface area contributed by atoms with Gasteiger partial charge in [-0.3, -0.25) is 19.4 Å². The third-order valence-corrected chi connectivity index (χ3v) is 7.22. The number of imide groups is 1. The lowest BCUT2D eigenvalue weighted by Crippen LogP contribution is -2.54. The van der Waals surface area contributed by atoms with E-state index in [1.807, 2.05) is 35.2 Å². The molecule has 1 unspecified atom stereocenters. The third kappa shape index (κ3) is 3.41. The van der Waals surface area contributed by atoms with E-state index in [1.54, 1.807) is 0 Å². The summed E-state index contributed by atoms with van der Waals surface area (Å²) in [5.74, 6) is -0.191. The second-order valence-electron chi connectivity index (χ2n) is 7.23. The van der Waals surface area contributed by atoms with E-state index in [-0.39, 0.29) is 30.0 Å². The van der Waals surface area contributed by atoms with Crippen LogP contribution in [0.2, 0.25) is 0 Å². The number of sulfonamides is 1. The monoisotopic (exact) mass is 377 g/mol. The van der Waals surface area contributed by atoms with Crippen molar-refractivity contribution in [3.05, 3.63) is 35.9 Å². The number of carbonyl (C=O) groups is 2. The van der Waals surface area contributed by atoms with Gasteiger partial charge in [0.25, 0.3) is 0 Å². The second-order valence-corrected chi connectivity index (χ2v) is 9.20. The van der Waals surface area contributed by atoms with E-state index >= 15 is 0 Å². The van der Waals surface area contributed by atoms with Crippen molar-refractivity contribution < 1.29 is 18.0 Å². The number of rotatable bonds is 5. The molecule has 2 heterocycles. The molecule has 3 fully saturated rings. The number of benzene rings is 1. The Hall–Kier alpha value is -1.77. The Morgan fingerprint density at radius 2 is 1.62 bits per heavy atom. The molecule has 1 aliphatic carbocycles. The molecule has 1 aromatic rings. The van der Waals surface area contributed by atoms with Crippen LogP contribution in [0.4, 0.5) is 0 Å². The van der Waals surface area contributed by atoms with Gasteiger partial charge in [-0.2, -0.15) is 4.31 Å². The first kappa shape index (κ1) is 17.6. The maximum Gasteiger partial charge on any atom is 0.247 e. The predicted molar refractivity (Wildman–Crippen MR) is 95.5 cm³/mol. The molecule has 1 saturated carbocycles. The molecule has 3 aliphatic rings. The maximum atomic E-state index is 12.6. The van der Waals surface area contributed by atoms with Gasteiger partial charge in [-0.25, -0.2) is 8.42 Å². The highest BCUT2D eigenvalue weighted by Crippen LogP contribution is 2.33. The van der Waals surface area contributed by atoms with Crippen molar-refractivity contribution in [2.75, 3.05) is 26.2 Å². The highest BCUT2D eigenvalue weighted by atomic mass is 32.2. The molecule has 0 radical (unpaired) electrons. The molecular formula is C18H23N3O4S. The van der Waals surface area contributed by atoms with E-state index < -0.39 is 16.1 Å². The zero-order valence-corrected chi connectivity index (χ0v) is 15.4. The van der Waals surface area contributed by atoms with Crippen LogP contribution < -0.4 is 0 Å². The molecule has 26 heavy (non-hydrogen) atoms. The molecule has 0 spiro atoms. The van der Waals surface area contributed by atoms with Crippen LogP contribution in [-0.4, -0.2) is 72.6 Å². The van der Waals surface area contributed by atoms with Crippen molar-refractivity contribution in [1.29, 1.82) is 0 Å². The van der Waals surface area contributed by atoms with Crippen LogP contribution >= 0.6 is 0 Å². The predicted octanol–water partition coefficient (Wildman–Crippen LogP) is 0.424. The van der Waals surface area contributed by atoms with Gasteiger partial charge in [-0.1, -0.05) is 30.3 Å². The SMILES string of the molecule is O=C1CC(N2CCN(S(=O)(=O)Cc3ccccc3)CC2)C(=O)N1C1CC1. The molecule has 4 rings (SSSR count). The smallest absolute Gasteiger partial charge is 0.247 e. The number of piperazine rings is 1. The van der Waals surface area contributed by atoms with Crippen molar-refractivity contribution >= 4 is 21.8 Å². The number of amides is 2. The normalized spacial score (nSPS) is 25.8. The summed E-state index contributed by atoms with van der Waals surface area (Å²) < 4.78 is 26.8. The van der Waals surface area contributed by atoms with Crippen LogP contribution in [0.15, 0.2) is 30.3 Å². The number of hydrogen-bond acceptors (Lipinski definition) is 5. The van der Waals surface area contributed by atoms with Crippen LogP contribution in [0.25, 0.3) is 0 Å². The van der Waals surface area contributed by atoms with E-state index in [0.717, 1.165) is 18.4 Å². The van der Waals surface area contributed by atoms with Crippen LogP contribution in [0.3, 0.4) is 0 Å². The Labute approximate surface area is 153 Å². The Kier molecular flexibility index (Phi) is 4.58. The number of hydrogen-bond donors (Lipinski definition) is 0. The fourth-order valence-corrected chi connectivity index (χ4v) is 5.32. The largest absolute Gasteiger partial charge is 0.289 e. The molecule has 2 amide bonds. The molecule has 2 saturated heterocycles. The van der Waals surface area contributed by atoms with Crippen molar-refractivity contribution in [2.24, 2.45) is 0 Å². The molecule has 1 aromatic carbocycles. The highest BCUT2D eigenvalue weighted by Gasteiger charge is 2.48. The van der Waals surface area contributed by atoms with Gasteiger partial charge in [-0.15, -0.1) is 0 Å². The van der Waals surface area contributed by atoms with Gasteiger partial charge in [0.15, 0.2) is 0 Å². The molecule has 0 aromatic heterocycles. The molecule has 7 nitrogen and oxygen atoms in total. The lowest BCUT2D eigenvalue weighted by molar-refractivity contribution is -0.140. The molecule has 0 bridgehead atoms. The summed E-state index contributed by atoms with van der Waals surface area (Å²) in [6, 6.07) is 8.83. The van der Waals surface area contributed by atoms with Crippen molar-refractivity contribution in [3.63, 3.8) is 0 Å². The maximum absolute atomic E-state index is 12.6. The van der Waals surface area contributed by atoms with Crippen LogP contribution in [0, 0.1) is 0 Å². The molecule has 2 aliphatic heterocycles. The zero-order chi connectivity index (χ0) is 18.3. The van der Waals surface area contributed by atoms with Gasteiger partial charge < -0.3 is 0 Å². The summed E-state index contributed by atoms with van der Waals surface area (Å²) in [6.45, 7) is 1.68. The number of likely N-dealkylation sites (tertiary alicyclic amines) is 1. The van der Waals surface area contributed by atoms with Crippen molar-refractivity contribution in [3.8, 4) is 0 Å². The fourth-order valence-electron chi connectivity index (χ4n) is 3.81. The highest BCUT2D eigenvalue weighted by molar-refractivity contribution is 7.88. The van der Waals surface area contributed by atoms with Gasteiger partial charge in [-0.05, 0) is 18.4 Å². The van der Waals surface area contributed by atoms with Gasteiger partial charge >= 0.3 is 0 Å². The Morgan fingerprint density at radius 3 is 2.23 bits per heavy atom. The summed E-state index contributed by atoms with van der Waals surface area (Å²) in [7, 11) is -3.38. The van der Waals surface area contributed by atoms with E-state index in [9.17, 15) is 18.0 Å². The topological polar surface area (TPSA) is 78.0 Å². The molecule has 1 atom stereocenters. The summed E-state index contributed by atoms with van der Waals surface area (Å²) in [5.41, 5.74) is 0.770. The van der Waals surface area contributed by atoms with Crippen molar-refractivity contribution in [2.45, 2.75) is 37.1 Å². The Bertz CT molecular complexity index is 799. The van der Waals surface area contributed by atoms with Gasteiger partial charge in [0.05, 0.1) is 18.2 Å². The Balaban J connectivity index is 1.37. The standard InChI is InChI=1S/C18H23N3O4S/c22-17-12-16(18(23)21(17)15-6-7-15)19-8-10-20(11-9-19)26(24,25)13-14-4-2-1-3-5-14/h1-5,15-16H,6-13H2. The average Bonchev–Trinajstić information content (AvgIpc) is 3.41. The zero-order valence-electron chi connectivity index (χ0n) is 14.6.